The molecule has 0 unspecified atom stereocenters. The molecule has 0 fully saturated rings. The first-order valence-electron chi connectivity index (χ1n) is 14.2. The van der Waals surface area contributed by atoms with E-state index in [4.69, 9.17) is 0 Å². The SMILES string of the molecule is CCCCOP(=O)([O-])OCCCC.CCCCOP(=O)([O-])OCCCC.CCCCOP(=O)([O-])OCCCC.[La+3]. The van der Waals surface area contributed by atoms with Crippen molar-refractivity contribution >= 4 is 23.5 Å². The Balaban J connectivity index is -0.000000240. The van der Waals surface area contributed by atoms with Crippen LogP contribution in [0.25, 0.3) is 0 Å². The third kappa shape index (κ3) is 41.7. The van der Waals surface area contributed by atoms with E-state index in [1.165, 1.54) is 0 Å². The fourth-order valence-electron chi connectivity index (χ4n) is 2.04. The average Bonchev–Trinajstić information content (AvgIpc) is 2.85. The molecule has 12 nitrogen and oxygen atoms in total. The first kappa shape index (κ1) is 48.4. The minimum atomic E-state index is -4.00. The number of rotatable bonds is 24. The van der Waals surface area contributed by atoms with E-state index in [1.807, 2.05) is 41.5 Å². The Labute approximate surface area is 271 Å². The first-order valence-corrected chi connectivity index (χ1v) is 18.5. The molecule has 240 valence electrons. The van der Waals surface area contributed by atoms with Crippen molar-refractivity contribution in [3.8, 4) is 0 Å². The summed E-state index contributed by atoms with van der Waals surface area (Å²) >= 11 is 0. The van der Waals surface area contributed by atoms with E-state index in [0.29, 0.717) is 0 Å². The number of phosphoric ester groups is 3. The van der Waals surface area contributed by atoms with Gasteiger partial charge in [-0.15, -0.1) is 0 Å². The summed E-state index contributed by atoms with van der Waals surface area (Å²) in [6, 6.07) is 0. The second-order valence-corrected chi connectivity index (χ2v) is 12.7. The van der Waals surface area contributed by atoms with Crippen LogP contribution in [0.1, 0.15) is 119 Å². The van der Waals surface area contributed by atoms with Crippen molar-refractivity contribution in [3.63, 3.8) is 0 Å². The maximum atomic E-state index is 11.0. The molecule has 0 aromatic carbocycles. The van der Waals surface area contributed by atoms with E-state index in [0.717, 1.165) is 77.0 Å². The Morgan fingerprint density at radius 2 is 0.500 bits per heavy atom. The van der Waals surface area contributed by atoms with Crippen LogP contribution in [0.5, 0.6) is 0 Å². The molecule has 16 heteroatoms. The quantitative estimate of drug-likeness (QED) is 0.0797. The number of hydrogen-bond donors (Lipinski definition) is 0. The summed E-state index contributed by atoms with van der Waals surface area (Å²) in [7, 11) is -12.0. The summed E-state index contributed by atoms with van der Waals surface area (Å²) in [5.74, 6) is 0. The van der Waals surface area contributed by atoms with Gasteiger partial charge in [-0.3, -0.25) is 13.7 Å². The van der Waals surface area contributed by atoms with Crippen molar-refractivity contribution in [2.75, 3.05) is 39.6 Å². The Morgan fingerprint density at radius 1 is 0.375 bits per heavy atom. The molecule has 0 aliphatic heterocycles. The van der Waals surface area contributed by atoms with Crippen LogP contribution >= 0.6 is 23.5 Å². The van der Waals surface area contributed by atoms with E-state index in [9.17, 15) is 28.4 Å². The molecule has 0 atom stereocenters. The van der Waals surface area contributed by atoms with Crippen molar-refractivity contribution in [1.82, 2.24) is 0 Å². The van der Waals surface area contributed by atoms with Crippen molar-refractivity contribution in [3.05, 3.63) is 0 Å². The number of hydrogen-bond acceptors (Lipinski definition) is 12. The Morgan fingerprint density at radius 3 is 0.600 bits per heavy atom. The second-order valence-electron chi connectivity index (χ2n) is 8.46. The molecular weight excluding hydrogens is 712 g/mol. The van der Waals surface area contributed by atoms with Gasteiger partial charge in [0.1, 0.15) is 0 Å². The molecule has 0 amide bonds. The van der Waals surface area contributed by atoms with E-state index in [2.05, 4.69) is 27.1 Å². The van der Waals surface area contributed by atoms with Crippen LogP contribution in [0.2, 0.25) is 0 Å². The topological polar surface area (TPSA) is 176 Å². The van der Waals surface area contributed by atoms with Crippen molar-refractivity contribution in [2.24, 2.45) is 0 Å². The maximum absolute atomic E-state index is 11.0. The molecule has 40 heavy (non-hydrogen) atoms. The molecule has 0 N–H and O–H groups in total. The van der Waals surface area contributed by atoms with Gasteiger partial charge in [0.2, 0.25) is 0 Å². The van der Waals surface area contributed by atoms with E-state index in [-0.39, 0.29) is 75.2 Å². The van der Waals surface area contributed by atoms with Crippen LogP contribution in [0.3, 0.4) is 0 Å². The van der Waals surface area contributed by atoms with E-state index >= 15 is 0 Å². The minimum absolute atomic E-state index is 0. The molecule has 0 heterocycles. The van der Waals surface area contributed by atoms with Crippen LogP contribution in [-0.4, -0.2) is 39.6 Å². The van der Waals surface area contributed by atoms with Gasteiger partial charge >= 0.3 is 35.6 Å². The van der Waals surface area contributed by atoms with Gasteiger partial charge in [0, 0.05) is 0 Å². The van der Waals surface area contributed by atoms with Crippen LogP contribution in [0.15, 0.2) is 0 Å². The minimum Gasteiger partial charge on any atom is -0.756 e. The molecule has 0 saturated heterocycles. The molecule has 0 aromatic heterocycles. The Kier molecular flexibility index (Phi) is 40.5. The second kappa shape index (κ2) is 33.4. The summed E-state index contributed by atoms with van der Waals surface area (Å²) in [5, 5.41) is 0. The monoisotopic (exact) mass is 766 g/mol. The van der Waals surface area contributed by atoms with Crippen LogP contribution in [0, 0.1) is 35.6 Å². The molecule has 0 radical (unpaired) electrons. The first-order chi connectivity index (χ1) is 18.4. The summed E-state index contributed by atoms with van der Waals surface area (Å²) in [5.41, 5.74) is 0. The largest absolute Gasteiger partial charge is 3.00 e. The van der Waals surface area contributed by atoms with Crippen LogP contribution in [0.4, 0.5) is 0 Å². The zero-order valence-electron chi connectivity index (χ0n) is 25.5. The van der Waals surface area contributed by atoms with Gasteiger partial charge in [-0.1, -0.05) is 80.1 Å². The van der Waals surface area contributed by atoms with Gasteiger partial charge < -0.3 is 41.8 Å². The van der Waals surface area contributed by atoms with Crippen molar-refractivity contribution in [1.29, 1.82) is 0 Å². The predicted octanol–water partition coefficient (Wildman–Crippen LogP) is 6.26. The van der Waals surface area contributed by atoms with Crippen molar-refractivity contribution < 1.29 is 91.1 Å². The summed E-state index contributed by atoms with van der Waals surface area (Å²) in [4.78, 5) is 32.9. The summed E-state index contributed by atoms with van der Waals surface area (Å²) in [6.45, 7) is 13.2. The smallest absolute Gasteiger partial charge is 0.756 e. The zero-order chi connectivity index (χ0) is 30.5. The number of phosphoric acid groups is 3. The molecular formula is C24H54LaO12P3. The standard InChI is InChI=1S/3C8H19O4P.La/c3*1-3-5-7-11-13(9,10)12-8-6-4-2;/h3*3-8H2,1-2H3,(H,9,10);/q;;;+3/p-3. The fraction of sp³-hybridized carbons (Fsp3) is 1.00. The molecule has 0 aromatic rings. The Hall–Kier alpha value is 1.52. The van der Waals surface area contributed by atoms with Gasteiger partial charge in [-0.25, -0.2) is 0 Å². The molecule has 0 aliphatic carbocycles. The number of unbranched alkanes of at least 4 members (excludes halogenated alkanes) is 6. The van der Waals surface area contributed by atoms with Crippen LogP contribution in [-0.2, 0) is 40.8 Å². The molecule has 0 aliphatic rings. The van der Waals surface area contributed by atoms with Gasteiger partial charge in [0.25, 0.3) is 23.5 Å². The molecule has 0 bridgehead atoms. The normalized spacial score (nSPS) is 11.6. The van der Waals surface area contributed by atoms with E-state index < -0.39 is 23.5 Å². The van der Waals surface area contributed by atoms with Gasteiger partial charge in [-0.2, -0.15) is 0 Å². The van der Waals surface area contributed by atoms with Gasteiger partial charge in [0.05, 0.1) is 39.6 Å². The fourth-order valence-corrected chi connectivity index (χ4v) is 4.38. The van der Waals surface area contributed by atoms with E-state index in [1.54, 1.807) is 0 Å². The molecule has 0 spiro atoms. The predicted molar refractivity (Wildman–Crippen MR) is 148 cm³/mol. The Bertz CT molecular complexity index is 531. The van der Waals surface area contributed by atoms with Crippen LogP contribution < -0.4 is 14.7 Å². The van der Waals surface area contributed by atoms with Crippen molar-refractivity contribution in [2.45, 2.75) is 119 Å². The summed E-state index contributed by atoms with van der Waals surface area (Å²) in [6.07, 6.45) is 9.91. The third-order valence-corrected chi connectivity index (χ3v) is 7.48. The molecule has 0 rings (SSSR count). The zero-order valence-corrected chi connectivity index (χ0v) is 31.9. The van der Waals surface area contributed by atoms with Gasteiger partial charge in [-0.05, 0) is 38.5 Å². The summed E-state index contributed by atoms with van der Waals surface area (Å²) < 4.78 is 60.5. The third-order valence-electron chi connectivity index (χ3n) is 4.48. The maximum Gasteiger partial charge on any atom is 3.00 e. The molecule has 0 saturated carbocycles. The average molecular weight is 767 g/mol. The van der Waals surface area contributed by atoms with Gasteiger partial charge in [0.15, 0.2) is 0 Å².